The highest BCUT2D eigenvalue weighted by Gasteiger charge is 2.09. The Morgan fingerprint density at radius 1 is 1.36 bits per heavy atom. The average Bonchev–Trinajstić information content (AvgIpc) is 2.04. The van der Waals surface area contributed by atoms with Crippen LogP contribution in [-0.4, -0.2) is 5.87 Å². The van der Waals surface area contributed by atoms with Gasteiger partial charge in [0.05, 0.1) is 5.70 Å². The van der Waals surface area contributed by atoms with Crippen LogP contribution >= 0.6 is 15.9 Å². The third kappa shape index (κ3) is 1.28. The second-order valence-electron chi connectivity index (χ2n) is 2.44. The molecule has 1 aliphatic heterocycles. The van der Waals surface area contributed by atoms with Crippen LogP contribution in [0.5, 0.6) is 0 Å². The molecule has 0 saturated heterocycles. The van der Waals surface area contributed by atoms with Crippen LogP contribution in [0.3, 0.4) is 0 Å². The molecule has 1 nitrogen and oxygen atoms in total. The number of nitrogens with zero attached hydrogens (tertiary/aromatic N) is 1. The molecule has 0 aromatic carbocycles. The summed E-state index contributed by atoms with van der Waals surface area (Å²) in [6.45, 7) is 0. The Hall–Kier alpha value is -0.850. The van der Waals surface area contributed by atoms with Crippen LogP contribution in [0.2, 0.25) is 0 Å². The van der Waals surface area contributed by atoms with Gasteiger partial charge in [-0.1, -0.05) is 15.9 Å². The predicted molar refractivity (Wildman–Crippen MR) is 49.8 cm³/mol. The number of hydrogen-bond donors (Lipinski definition) is 0. The summed E-state index contributed by atoms with van der Waals surface area (Å²) in [6, 6.07) is 0. The van der Waals surface area contributed by atoms with Gasteiger partial charge in [-0.25, -0.2) is 4.99 Å². The lowest BCUT2D eigenvalue weighted by Crippen LogP contribution is -1.94. The van der Waals surface area contributed by atoms with E-state index in [0.29, 0.717) is 0 Å². The fraction of sp³-hybridized carbons (Fsp3) is 0.111. The highest BCUT2D eigenvalue weighted by Crippen LogP contribution is 2.29. The summed E-state index contributed by atoms with van der Waals surface area (Å²) in [5.41, 5.74) is 2.30. The van der Waals surface area contributed by atoms with Crippen molar-refractivity contribution in [2.75, 3.05) is 0 Å². The Morgan fingerprint density at radius 2 is 2.27 bits per heavy atom. The third-order valence-corrected chi connectivity index (χ3v) is 2.20. The summed E-state index contributed by atoms with van der Waals surface area (Å²) in [5, 5.41) is 0. The van der Waals surface area contributed by atoms with E-state index in [0.717, 1.165) is 12.1 Å². The minimum atomic E-state index is 0.952. The molecular formula is C9H6BrN. The molecule has 0 bridgehead atoms. The van der Waals surface area contributed by atoms with E-state index in [-0.39, 0.29) is 0 Å². The maximum absolute atomic E-state index is 4.11. The molecule has 2 aliphatic rings. The molecule has 0 fully saturated rings. The van der Waals surface area contributed by atoms with Gasteiger partial charge < -0.3 is 0 Å². The van der Waals surface area contributed by atoms with Gasteiger partial charge >= 0.3 is 0 Å². The van der Waals surface area contributed by atoms with Crippen molar-refractivity contribution < 1.29 is 0 Å². The SMILES string of the molecule is BrC1=CC=C2N=C=CC=C2C1. The Morgan fingerprint density at radius 3 is 3.18 bits per heavy atom. The van der Waals surface area contributed by atoms with Crippen LogP contribution in [0.1, 0.15) is 6.42 Å². The summed E-state index contributed by atoms with van der Waals surface area (Å²) < 4.78 is 1.21. The van der Waals surface area contributed by atoms with Gasteiger partial charge in [0.1, 0.15) is 0 Å². The molecule has 2 rings (SSSR count). The number of halogens is 1. The maximum Gasteiger partial charge on any atom is 0.0765 e. The molecule has 0 unspecified atom stereocenters. The Balaban J connectivity index is 2.47. The topological polar surface area (TPSA) is 12.4 Å². The second kappa shape index (κ2) is 2.65. The first-order chi connectivity index (χ1) is 5.36. The third-order valence-electron chi connectivity index (χ3n) is 1.65. The van der Waals surface area contributed by atoms with Crippen LogP contribution in [0.4, 0.5) is 0 Å². The molecule has 0 saturated carbocycles. The standard InChI is InChI=1S/C9H6BrN/c10-8-3-4-9-7(6-8)2-1-5-11-9/h1-4H,6H2. The van der Waals surface area contributed by atoms with Crippen molar-refractivity contribution in [1.29, 1.82) is 0 Å². The van der Waals surface area contributed by atoms with E-state index in [2.05, 4.69) is 26.8 Å². The van der Waals surface area contributed by atoms with E-state index in [4.69, 9.17) is 0 Å². The average molecular weight is 208 g/mol. The number of aliphatic imine (C=N–C) groups is 1. The minimum Gasteiger partial charge on any atom is -0.206 e. The zero-order chi connectivity index (χ0) is 7.68. The largest absolute Gasteiger partial charge is 0.206 e. The van der Waals surface area contributed by atoms with E-state index in [1.54, 1.807) is 0 Å². The highest BCUT2D eigenvalue weighted by atomic mass is 79.9. The van der Waals surface area contributed by atoms with Crippen LogP contribution < -0.4 is 0 Å². The minimum absolute atomic E-state index is 0.952. The molecule has 11 heavy (non-hydrogen) atoms. The smallest absolute Gasteiger partial charge is 0.0765 e. The van der Waals surface area contributed by atoms with Crippen molar-refractivity contribution in [1.82, 2.24) is 0 Å². The number of allylic oxidation sites excluding steroid dienone is 6. The van der Waals surface area contributed by atoms with E-state index in [1.165, 1.54) is 10.1 Å². The monoisotopic (exact) mass is 207 g/mol. The molecule has 0 aromatic rings. The normalized spacial score (nSPS) is 20.3. The van der Waals surface area contributed by atoms with Crippen LogP contribution in [-0.2, 0) is 0 Å². The Labute approximate surface area is 73.7 Å². The summed E-state index contributed by atoms with van der Waals surface area (Å²) >= 11 is 3.45. The molecule has 1 aliphatic carbocycles. The predicted octanol–water partition coefficient (Wildman–Crippen LogP) is 2.72. The lowest BCUT2D eigenvalue weighted by atomic mass is 10.0. The molecule has 1 heterocycles. The lowest BCUT2D eigenvalue weighted by molar-refractivity contribution is 1.14. The molecule has 0 radical (unpaired) electrons. The van der Waals surface area contributed by atoms with E-state index >= 15 is 0 Å². The maximum atomic E-state index is 4.11. The molecule has 0 spiro atoms. The van der Waals surface area contributed by atoms with Gasteiger partial charge in [-0.2, -0.15) is 0 Å². The zero-order valence-electron chi connectivity index (χ0n) is 5.84. The number of fused-ring (bicyclic) bond motifs is 1. The second-order valence-corrected chi connectivity index (χ2v) is 3.46. The van der Waals surface area contributed by atoms with Crippen molar-refractivity contribution in [3.05, 3.63) is 40.1 Å². The van der Waals surface area contributed by atoms with Crippen LogP contribution in [0, 0.1) is 0 Å². The summed E-state index contributed by atoms with van der Waals surface area (Å²) in [7, 11) is 0. The molecule has 0 N–H and O–H groups in total. The van der Waals surface area contributed by atoms with Gasteiger partial charge in [0.25, 0.3) is 0 Å². The van der Waals surface area contributed by atoms with Crippen molar-refractivity contribution in [2.24, 2.45) is 4.99 Å². The van der Waals surface area contributed by atoms with Crippen molar-refractivity contribution in [3.63, 3.8) is 0 Å². The summed E-state index contributed by atoms with van der Waals surface area (Å²) in [5.74, 6) is 2.81. The van der Waals surface area contributed by atoms with Gasteiger partial charge in [0.15, 0.2) is 0 Å². The lowest BCUT2D eigenvalue weighted by Gasteiger charge is -2.11. The van der Waals surface area contributed by atoms with E-state index < -0.39 is 0 Å². The summed E-state index contributed by atoms with van der Waals surface area (Å²) in [4.78, 5) is 4.11. The first kappa shape index (κ1) is 6.84. The molecule has 0 amide bonds. The molecule has 54 valence electrons. The van der Waals surface area contributed by atoms with Crippen molar-refractivity contribution >= 4 is 21.8 Å². The van der Waals surface area contributed by atoms with Gasteiger partial charge in [-0.3, -0.25) is 0 Å². The van der Waals surface area contributed by atoms with E-state index in [1.807, 2.05) is 24.3 Å². The molecular weight excluding hydrogens is 202 g/mol. The number of hydrogen-bond acceptors (Lipinski definition) is 1. The first-order valence-corrected chi connectivity index (χ1v) is 4.21. The van der Waals surface area contributed by atoms with E-state index in [9.17, 15) is 0 Å². The quantitative estimate of drug-likeness (QED) is 0.580. The van der Waals surface area contributed by atoms with Gasteiger partial charge in [-0.15, -0.1) is 0 Å². The van der Waals surface area contributed by atoms with Crippen molar-refractivity contribution in [2.45, 2.75) is 6.42 Å². The van der Waals surface area contributed by atoms with Gasteiger partial charge in [0.2, 0.25) is 0 Å². The highest BCUT2D eigenvalue weighted by molar-refractivity contribution is 9.11. The van der Waals surface area contributed by atoms with Crippen LogP contribution in [0.15, 0.2) is 45.0 Å². The van der Waals surface area contributed by atoms with Crippen molar-refractivity contribution in [3.8, 4) is 0 Å². The Bertz CT molecular complexity index is 339. The zero-order valence-corrected chi connectivity index (χ0v) is 7.43. The molecule has 0 atom stereocenters. The first-order valence-electron chi connectivity index (χ1n) is 3.41. The Kier molecular flexibility index (Phi) is 1.65. The fourth-order valence-corrected chi connectivity index (χ4v) is 1.54. The van der Waals surface area contributed by atoms with Crippen LogP contribution in [0.25, 0.3) is 0 Å². The van der Waals surface area contributed by atoms with Gasteiger partial charge in [0, 0.05) is 12.5 Å². The molecule has 2 heteroatoms. The number of rotatable bonds is 0. The van der Waals surface area contributed by atoms with Gasteiger partial charge in [-0.05, 0) is 34.2 Å². The summed E-state index contributed by atoms with van der Waals surface area (Å²) in [6.07, 6.45) is 8.88. The molecule has 0 aromatic heterocycles. The fourth-order valence-electron chi connectivity index (χ4n) is 1.11.